The molecule has 2 rings (SSSR count). The van der Waals surface area contributed by atoms with E-state index < -0.39 is 0 Å². The number of carbonyl (C=O) groups excluding carboxylic acids is 1. The number of benzene rings is 2. The average Bonchev–Trinajstić information content (AvgIpc) is 2.56. The topological polar surface area (TPSA) is 47.6 Å². The lowest BCUT2D eigenvalue weighted by molar-refractivity contribution is 0.0526. The Morgan fingerprint density at radius 2 is 1.78 bits per heavy atom. The molecule has 0 aromatic heterocycles. The number of carbonyl (C=O) groups is 1. The molecule has 0 radical (unpaired) electrons. The van der Waals surface area contributed by atoms with E-state index in [9.17, 15) is 9.18 Å². The van der Waals surface area contributed by atoms with Crippen LogP contribution in [0.5, 0.6) is 5.75 Å². The fraction of sp³-hybridized carbons (Fsp3) is 0.278. The number of hydrogen-bond acceptors (Lipinski definition) is 4. The molecule has 0 aliphatic rings. The number of nitrogens with one attached hydrogen (secondary N) is 1. The smallest absolute Gasteiger partial charge is 0.338 e. The maximum Gasteiger partial charge on any atom is 0.338 e. The zero-order valence-electron chi connectivity index (χ0n) is 13.2. The second-order valence-corrected chi connectivity index (χ2v) is 5.06. The Hall–Kier alpha value is -2.56. The van der Waals surface area contributed by atoms with Crippen molar-refractivity contribution >= 4 is 11.7 Å². The SMILES string of the molecule is CCOC(=O)c1ccc(NCC(C)Oc2ccc(F)cc2)cc1. The fourth-order valence-electron chi connectivity index (χ4n) is 1.99. The van der Waals surface area contributed by atoms with E-state index in [-0.39, 0.29) is 17.9 Å². The van der Waals surface area contributed by atoms with Gasteiger partial charge in [0.2, 0.25) is 0 Å². The van der Waals surface area contributed by atoms with Crippen LogP contribution in [-0.2, 0) is 4.74 Å². The Balaban J connectivity index is 1.83. The van der Waals surface area contributed by atoms with Crippen molar-refractivity contribution in [2.45, 2.75) is 20.0 Å². The van der Waals surface area contributed by atoms with Gasteiger partial charge in [0.1, 0.15) is 17.7 Å². The molecule has 1 N–H and O–H groups in total. The lowest BCUT2D eigenvalue weighted by Gasteiger charge is -2.16. The highest BCUT2D eigenvalue weighted by atomic mass is 19.1. The van der Waals surface area contributed by atoms with Gasteiger partial charge in [-0.1, -0.05) is 0 Å². The van der Waals surface area contributed by atoms with Crippen molar-refractivity contribution in [1.29, 1.82) is 0 Å². The van der Waals surface area contributed by atoms with Crippen LogP contribution in [0.2, 0.25) is 0 Å². The summed E-state index contributed by atoms with van der Waals surface area (Å²) in [6, 6.07) is 13.0. The molecule has 0 saturated heterocycles. The van der Waals surface area contributed by atoms with Gasteiger partial charge in [0, 0.05) is 5.69 Å². The maximum atomic E-state index is 12.8. The highest BCUT2D eigenvalue weighted by Crippen LogP contribution is 2.14. The van der Waals surface area contributed by atoms with Crippen molar-refractivity contribution in [3.8, 4) is 5.75 Å². The zero-order valence-corrected chi connectivity index (χ0v) is 13.2. The first kappa shape index (κ1) is 16.8. The van der Waals surface area contributed by atoms with Gasteiger partial charge >= 0.3 is 5.97 Å². The molecule has 122 valence electrons. The number of halogens is 1. The van der Waals surface area contributed by atoms with Gasteiger partial charge in [-0.05, 0) is 62.4 Å². The summed E-state index contributed by atoms with van der Waals surface area (Å²) in [4.78, 5) is 11.6. The molecule has 0 heterocycles. The number of ether oxygens (including phenoxy) is 2. The molecule has 23 heavy (non-hydrogen) atoms. The Labute approximate surface area is 135 Å². The van der Waals surface area contributed by atoms with E-state index in [2.05, 4.69) is 5.32 Å². The Kier molecular flexibility index (Phi) is 5.97. The first-order valence-corrected chi connectivity index (χ1v) is 7.51. The fourth-order valence-corrected chi connectivity index (χ4v) is 1.99. The first-order valence-electron chi connectivity index (χ1n) is 7.51. The summed E-state index contributed by atoms with van der Waals surface area (Å²) < 4.78 is 23.4. The first-order chi connectivity index (χ1) is 11.1. The molecule has 5 heteroatoms. The van der Waals surface area contributed by atoms with E-state index in [0.29, 0.717) is 24.5 Å². The summed E-state index contributed by atoms with van der Waals surface area (Å²) in [5.74, 6) is 0.00948. The number of hydrogen-bond donors (Lipinski definition) is 1. The van der Waals surface area contributed by atoms with Crippen LogP contribution in [0.25, 0.3) is 0 Å². The monoisotopic (exact) mass is 317 g/mol. The molecule has 0 aliphatic carbocycles. The minimum Gasteiger partial charge on any atom is -0.489 e. The molecule has 0 bridgehead atoms. The summed E-state index contributed by atoms with van der Waals surface area (Å²) in [7, 11) is 0. The second-order valence-electron chi connectivity index (χ2n) is 5.06. The van der Waals surface area contributed by atoms with Crippen molar-refractivity contribution in [1.82, 2.24) is 0 Å². The largest absolute Gasteiger partial charge is 0.489 e. The highest BCUT2D eigenvalue weighted by Gasteiger charge is 2.07. The van der Waals surface area contributed by atoms with Gasteiger partial charge in [0.25, 0.3) is 0 Å². The Morgan fingerprint density at radius 1 is 1.13 bits per heavy atom. The standard InChI is InChI=1S/C18H20FNO3/c1-3-22-18(21)14-4-8-16(9-5-14)20-12-13(2)23-17-10-6-15(19)7-11-17/h4-11,13,20H,3,12H2,1-2H3. The number of rotatable bonds is 7. The quantitative estimate of drug-likeness (QED) is 0.787. The molecule has 0 saturated carbocycles. The van der Waals surface area contributed by atoms with Crippen molar-refractivity contribution < 1.29 is 18.7 Å². The second kappa shape index (κ2) is 8.17. The lowest BCUT2D eigenvalue weighted by Crippen LogP contribution is -2.22. The van der Waals surface area contributed by atoms with E-state index in [4.69, 9.17) is 9.47 Å². The summed E-state index contributed by atoms with van der Waals surface area (Å²) in [5, 5.41) is 3.22. The van der Waals surface area contributed by atoms with Crippen LogP contribution in [0.4, 0.5) is 10.1 Å². The minimum absolute atomic E-state index is 0.0924. The molecular weight excluding hydrogens is 297 g/mol. The lowest BCUT2D eigenvalue weighted by atomic mass is 10.2. The van der Waals surface area contributed by atoms with Crippen LogP contribution in [0.3, 0.4) is 0 Å². The molecule has 2 aromatic rings. The number of esters is 1. The Bertz CT molecular complexity index is 626. The van der Waals surface area contributed by atoms with Crippen LogP contribution < -0.4 is 10.1 Å². The van der Waals surface area contributed by atoms with Crippen molar-refractivity contribution in [2.24, 2.45) is 0 Å². The predicted octanol–water partition coefficient (Wildman–Crippen LogP) is 3.88. The van der Waals surface area contributed by atoms with Crippen molar-refractivity contribution in [3.63, 3.8) is 0 Å². The van der Waals surface area contributed by atoms with Crippen LogP contribution in [0.1, 0.15) is 24.2 Å². The van der Waals surface area contributed by atoms with Gasteiger partial charge in [0.05, 0.1) is 18.7 Å². The van der Waals surface area contributed by atoms with Gasteiger partial charge < -0.3 is 14.8 Å². The number of anilines is 1. The van der Waals surface area contributed by atoms with Crippen LogP contribution in [-0.4, -0.2) is 25.2 Å². The highest BCUT2D eigenvalue weighted by molar-refractivity contribution is 5.89. The van der Waals surface area contributed by atoms with Crippen LogP contribution in [0, 0.1) is 5.82 Å². The summed E-state index contributed by atoms with van der Waals surface area (Å²) >= 11 is 0. The van der Waals surface area contributed by atoms with Crippen LogP contribution >= 0.6 is 0 Å². The molecular formula is C18H20FNO3. The third-order valence-electron chi connectivity index (χ3n) is 3.14. The molecule has 0 fully saturated rings. The van der Waals surface area contributed by atoms with Crippen LogP contribution in [0.15, 0.2) is 48.5 Å². The third-order valence-corrected chi connectivity index (χ3v) is 3.14. The summed E-state index contributed by atoms with van der Waals surface area (Å²) in [6.07, 6.45) is -0.0924. The Morgan fingerprint density at radius 3 is 2.39 bits per heavy atom. The molecule has 1 atom stereocenters. The van der Waals surface area contributed by atoms with Crippen molar-refractivity contribution in [2.75, 3.05) is 18.5 Å². The van der Waals surface area contributed by atoms with E-state index in [1.54, 1.807) is 31.2 Å². The molecule has 1 unspecified atom stereocenters. The van der Waals surface area contributed by atoms with E-state index in [1.165, 1.54) is 12.1 Å². The summed E-state index contributed by atoms with van der Waals surface area (Å²) in [6.45, 7) is 4.63. The van der Waals surface area contributed by atoms with E-state index >= 15 is 0 Å². The van der Waals surface area contributed by atoms with Gasteiger partial charge in [-0.25, -0.2) is 9.18 Å². The van der Waals surface area contributed by atoms with Gasteiger partial charge in [0.15, 0.2) is 0 Å². The molecule has 4 nitrogen and oxygen atoms in total. The van der Waals surface area contributed by atoms with Gasteiger partial charge in [-0.3, -0.25) is 0 Å². The van der Waals surface area contributed by atoms with Crippen molar-refractivity contribution in [3.05, 3.63) is 59.9 Å². The van der Waals surface area contributed by atoms with E-state index in [0.717, 1.165) is 5.69 Å². The average molecular weight is 317 g/mol. The zero-order chi connectivity index (χ0) is 16.7. The van der Waals surface area contributed by atoms with Gasteiger partial charge in [-0.15, -0.1) is 0 Å². The predicted molar refractivity (Wildman–Crippen MR) is 87.4 cm³/mol. The van der Waals surface area contributed by atoms with Gasteiger partial charge in [-0.2, -0.15) is 0 Å². The normalized spacial score (nSPS) is 11.6. The molecule has 0 aliphatic heterocycles. The van der Waals surface area contributed by atoms with E-state index in [1.807, 2.05) is 19.1 Å². The minimum atomic E-state index is -0.327. The third kappa shape index (κ3) is 5.29. The molecule has 0 amide bonds. The maximum absolute atomic E-state index is 12.8. The molecule has 0 spiro atoms. The molecule has 2 aromatic carbocycles. The summed E-state index contributed by atoms with van der Waals surface area (Å²) in [5.41, 5.74) is 1.40.